The number of benzene rings is 3. The van der Waals surface area contributed by atoms with Crippen LogP contribution in [0.5, 0.6) is 0 Å². The molecule has 2 aliphatic heterocycles. The molecule has 0 aromatic heterocycles. The van der Waals surface area contributed by atoms with E-state index in [9.17, 15) is 4.79 Å². The van der Waals surface area contributed by atoms with Crippen LogP contribution in [0.15, 0.2) is 89.4 Å². The highest BCUT2D eigenvalue weighted by Gasteiger charge is 2.51. The Hall–Kier alpha value is -2.47. The van der Waals surface area contributed by atoms with E-state index >= 15 is 0 Å². The van der Waals surface area contributed by atoms with E-state index in [4.69, 9.17) is 4.74 Å². The van der Waals surface area contributed by atoms with E-state index in [1.165, 1.54) is 16.7 Å². The number of halogens is 1. The summed E-state index contributed by atoms with van der Waals surface area (Å²) in [5.41, 5.74) is 3.36. The second kappa shape index (κ2) is 11.7. The average Bonchev–Trinajstić information content (AvgIpc) is 3.16. The van der Waals surface area contributed by atoms with Crippen molar-refractivity contribution in [3.8, 4) is 0 Å². The minimum absolute atomic E-state index is 0.000566. The van der Waals surface area contributed by atoms with E-state index < -0.39 is 0 Å². The number of likely N-dealkylation sites (tertiary alicyclic amines) is 1. The Morgan fingerprint density at radius 2 is 1.58 bits per heavy atom. The van der Waals surface area contributed by atoms with Crippen LogP contribution < -0.4 is 5.32 Å². The van der Waals surface area contributed by atoms with E-state index in [1.807, 2.05) is 12.1 Å². The van der Waals surface area contributed by atoms with Gasteiger partial charge in [0.1, 0.15) is 0 Å². The maximum Gasteiger partial charge on any atom is 0.229 e. The molecular formula is C31H35BrN2O2. The summed E-state index contributed by atoms with van der Waals surface area (Å²) in [5, 5.41) is 3.45. The Balaban J connectivity index is 1.33. The fraction of sp³-hybridized carbons (Fsp3) is 0.387. The van der Waals surface area contributed by atoms with Crippen LogP contribution in [0, 0.1) is 5.41 Å². The molecule has 2 atom stereocenters. The maximum atomic E-state index is 13.8. The number of carbonyl (C=O) groups excluding carboxylic acids is 1. The van der Waals surface area contributed by atoms with Crippen LogP contribution in [0.3, 0.4) is 0 Å². The first-order valence-electron chi connectivity index (χ1n) is 13.1. The van der Waals surface area contributed by atoms with Crippen LogP contribution in [0.2, 0.25) is 0 Å². The first kappa shape index (κ1) is 25.2. The van der Waals surface area contributed by atoms with E-state index in [2.05, 4.69) is 98.9 Å². The van der Waals surface area contributed by atoms with Crippen LogP contribution in [0.25, 0.3) is 0 Å². The fourth-order valence-corrected chi connectivity index (χ4v) is 6.08. The van der Waals surface area contributed by atoms with Crippen molar-refractivity contribution in [1.29, 1.82) is 0 Å². The SMILES string of the molecule is O=C1N(Cc2ccc(Br)cc2)C(CCC(OCc2ccccc2)c2ccccc2)CC12CCNCC2. The quantitative estimate of drug-likeness (QED) is 0.326. The lowest BCUT2D eigenvalue weighted by Crippen LogP contribution is -2.42. The third-order valence-electron chi connectivity index (χ3n) is 7.84. The lowest BCUT2D eigenvalue weighted by Gasteiger charge is -2.32. The number of nitrogens with zero attached hydrogens (tertiary/aromatic N) is 1. The highest BCUT2D eigenvalue weighted by molar-refractivity contribution is 9.10. The normalized spacial score (nSPS) is 20.1. The Morgan fingerprint density at radius 3 is 2.28 bits per heavy atom. The van der Waals surface area contributed by atoms with Gasteiger partial charge in [0, 0.05) is 17.1 Å². The maximum absolute atomic E-state index is 13.8. The van der Waals surface area contributed by atoms with Gasteiger partial charge in [0.15, 0.2) is 0 Å². The molecule has 2 saturated heterocycles. The second-order valence-corrected chi connectivity index (χ2v) is 11.1. The standard InChI is InChI=1S/C31H35BrN2O2/c32-27-13-11-24(12-14-27)22-34-28(21-31(30(34)35)17-19-33-20-18-31)15-16-29(26-9-5-2-6-10-26)36-23-25-7-3-1-4-8-25/h1-14,28-29,33H,15-23H2. The minimum Gasteiger partial charge on any atom is -0.369 e. The Morgan fingerprint density at radius 1 is 0.917 bits per heavy atom. The summed E-state index contributed by atoms with van der Waals surface area (Å²) in [5.74, 6) is 0.346. The molecule has 188 valence electrons. The molecule has 2 unspecified atom stereocenters. The molecule has 2 fully saturated rings. The van der Waals surface area contributed by atoms with Crippen molar-refractivity contribution in [3.05, 3.63) is 106 Å². The lowest BCUT2D eigenvalue weighted by molar-refractivity contribution is -0.138. The molecule has 1 N–H and O–H groups in total. The van der Waals surface area contributed by atoms with Crippen molar-refractivity contribution >= 4 is 21.8 Å². The predicted molar refractivity (Wildman–Crippen MR) is 147 cm³/mol. The van der Waals surface area contributed by atoms with Crippen LogP contribution in [-0.4, -0.2) is 29.9 Å². The molecule has 0 aliphatic carbocycles. The van der Waals surface area contributed by atoms with Crippen LogP contribution in [-0.2, 0) is 22.7 Å². The predicted octanol–water partition coefficient (Wildman–Crippen LogP) is 6.66. The molecule has 2 heterocycles. The molecule has 1 spiro atoms. The van der Waals surface area contributed by atoms with Gasteiger partial charge in [-0.05, 0) is 74.0 Å². The first-order valence-corrected chi connectivity index (χ1v) is 13.9. The lowest BCUT2D eigenvalue weighted by atomic mass is 9.76. The van der Waals surface area contributed by atoms with Gasteiger partial charge in [-0.2, -0.15) is 0 Å². The molecule has 1 amide bonds. The monoisotopic (exact) mass is 546 g/mol. The number of rotatable bonds is 9. The number of nitrogens with one attached hydrogen (secondary N) is 1. The molecule has 36 heavy (non-hydrogen) atoms. The van der Waals surface area contributed by atoms with Gasteiger partial charge >= 0.3 is 0 Å². The third-order valence-corrected chi connectivity index (χ3v) is 8.36. The zero-order valence-electron chi connectivity index (χ0n) is 20.7. The van der Waals surface area contributed by atoms with Crippen LogP contribution >= 0.6 is 15.9 Å². The molecule has 5 heteroatoms. The molecule has 4 nitrogen and oxygen atoms in total. The number of hydrogen-bond acceptors (Lipinski definition) is 3. The summed E-state index contributed by atoms with van der Waals surface area (Å²) >= 11 is 3.53. The Kier molecular flexibility index (Phi) is 8.20. The average molecular weight is 548 g/mol. The molecular weight excluding hydrogens is 512 g/mol. The van der Waals surface area contributed by atoms with Crippen molar-refractivity contribution in [2.75, 3.05) is 13.1 Å². The van der Waals surface area contributed by atoms with Gasteiger partial charge in [-0.3, -0.25) is 4.79 Å². The molecule has 0 bridgehead atoms. The number of ether oxygens (including phenoxy) is 1. The molecule has 2 aliphatic rings. The fourth-order valence-electron chi connectivity index (χ4n) is 5.82. The van der Waals surface area contributed by atoms with Crippen LogP contribution in [0.4, 0.5) is 0 Å². The van der Waals surface area contributed by atoms with Gasteiger partial charge < -0.3 is 15.0 Å². The molecule has 3 aromatic carbocycles. The summed E-state index contributed by atoms with van der Waals surface area (Å²) in [7, 11) is 0. The summed E-state index contributed by atoms with van der Waals surface area (Å²) in [6.45, 7) is 3.11. The summed E-state index contributed by atoms with van der Waals surface area (Å²) < 4.78 is 7.55. The molecule has 5 rings (SSSR count). The molecule has 3 aromatic rings. The van der Waals surface area contributed by atoms with Gasteiger partial charge in [0.05, 0.1) is 18.1 Å². The zero-order valence-corrected chi connectivity index (χ0v) is 22.3. The second-order valence-electron chi connectivity index (χ2n) is 10.2. The number of hydrogen-bond donors (Lipinski definition) is 1. The minimum atomic E-state index is -0.210. The Labute approximate surface area is 223 Å². The topological polar surface area (TPSA) is 41.6 Å². The van der Waals surface area contributed by atoms with E-state index in [0.29, 0.717) is 19.1 Å². The smallest absolute Gasteiger partial charge is 0.229 e. The van der Waals surface area contributed by atoms with Crippen molar-refractivity contribution in [2.24, 2.45) is 5.41 Å². The van der Waals surface area contributed by atoms with Crippen molar-refractivity contribution in [3.63, 3.8) is 0 Å². The van der Waals surface area contributed by atoms with Gasteiger partial charge in [0.2, 0.25) is 5.91 Å². The largest absolute Gasteiger partial charge is 0.369 e. The van der Waals surface area contributed by atoms with Gasteiger partial charge in [-0.1, -0.05) is 88.7 Å². The van der Waals surface area contributed by atoms with Gasteiger partial charge in [-0.15, -0.1) is 0 Å². The van der Waals surface area contributed by atoms with E-state index in [-0.39, 0.29) is 17.6 Å². The third kappa shape index (κ3) is 5.91. The van der Waals surface area contributed by atoms with Gasteiger partial charge in [0.25, 0.3) is 0 Å². The zero-order chi connectivity index (χ0) is 24.8. The molecule has 0 saturated carbocycles. The summed E-state index contributed by atoms with van der Waals surface area (Å²) in [6.07, 6.45) is 4.65. The van der Waals surface area contributed by atoms with Gasteiger partial charge in [-0.25, -0.2) is 0 Å². The molecule has 0 radical (unpaired) electrons. The van der Waals surface area contributed by atoms with E-state index in [1.54, 1.807) is 0 Å². The van der Waals surface area contributed by atoms with E-state index in [0.717, 1.165) is 49.7 Å². The van der Waals surface area contributed by atoms with Crippen molar-refractivity contribution in [1.82, 2.24) is 10.2 Å². The Bertz CT molecular complexity index is 1110. The van der Waals surface area contributed by atoms with Crippen molar-refractivity contribution in [2.45, 2.75) is 57.4 Å². The number of amides is 1. The van der Waals surface area contributed by atoms with Crippen LogP contribution in [0.1, 0.15) is 54.9 Å². The number of piperidine rings is 1. The highest BCUT2D eigenvalue weighted by atomic mass is 79.9. The number of carbonyl (C=O) groups is 1. The first-order chi connectivity index (χ1) is 17.6. The highest BCUT2D eigenvalue weighted by Crippen LogP contribution is 2.45. The summed E-state index contributed by atoms with van der Waals surface area (Å²) in [6, 6.07) is 29.5. The van der Waals surface area contributed by atoms with Crippen molar-refractivity contribution < 1.29 is 9.53 Å². The summed E-state index contributed by atoms with van der Waals surface area (Å²) in [4.78, 5) is 16.0.